The number of carbonyl (C=O) groups excluding carboxylic acids is 13. The number of nitrogens with one attached hydrogen (secondary N) is 6. The molecule has 90 heavy (non-hydrogen) atoms. The van der Waals surface area contributed by atoms with E-state index in [4.69, 9.17) is 4.74 Å². The highest BCUT2D eigenvalue weighted by molar-refractivity contribution is 6.10. The second kappa shape index (κ2) is 36.2. The van der Waals surface area contributed by atoms with Crippen molar-refractivity contribution in [3.05, 3.63) is 0 Å². The fourth-order valence-corrected chi connectivity index (χ4v) is 11.2. The molecular weight excluding hydrogens is 1160 g/mol. The number of hydrogen-bond acceptors (Lipinski definition) is 14. The molecule has 12 atom stereocenters. The summed E-state index contributed by atoms with van der Waals surface area (Å²) in [7, 11) is 9.59. The van der Waals surface area contributed by atoms with Crippen molar-refractivity contribution < 1.29 is 67.1 Å². The number of nitrogens with zero attached hydrogens (tertiary/aromatic N) is 6. The van der Waals surface area contributed by atoms with Gasteiger partial charge in [-0.15, -0.1) is 0 Å². The average molecular weight is 1280 g/mol. The van der Waals surface area contributed by atoms with Crippen LogP contribution in [0.25, 0.3) is 0 Å². The summed E-state index contributed by atoms with van der Waals surface area (Å²) < 4.78 is 5.44. The van der Waals surface area contributed by atoms with Gasteiger partial charge >= 0.3 is 6.09 Å². The lowest BCUT2D eigenvalue weighted by atomic mass is 9.83. The number of Topliss-reactive ketones (excluding diaryl/α,β-unsaturated/α-hetero) is 1. The van der Waals surface area contributed by atoms with Crippen LogP contribution in [0.3, 0.4) is 0 Å². The van der Waals surface area contributed by atoms with Crippen LogP contribution in [0.15, 0.2) is 0 Å². The first kappa shape index (κ1) is 81.1. The third-order valence-electron chi connectivity index (χ3n) is 16.9. The van der Waals surface area contributed by atoms with Gasteiger partial charge in [0, 0.05) is 60.7 Å². The second-order valence-corrected chi connectivity index (χ2v) is 27.3. The van der Waals surface area contributed by atoms with Crippen LogP contribution in [0.2, 0.25) is 0 Å². The molecule has 26 nitrogen and oxygen atoms in total. The highest BCUT2D eigenvalue weighted by Gasteiger charge is 2.47. The maximum absolute atomic E-state index is 15.1. The lowest BCUT2D eigenvalue weighted by Crippen LogP contribution is -2.64. The van der Waals surface area contributed by atoms with E-state index in [9.17, 15) is 52.7 Å². The zero-order chi connectivity index (χ0) is 69.9. The van der Waals surface area contributed by atoms with Crippen molar-refractivity contribution in [2.24, 2.45) is 40.9 Å². The van der Waals surface area contributed by atoms with E-state index in [0.717, 1.165) is 9.80 Å². The Morgan fingerprint density at radius 2 is 0.989 bits per heavy atom. The van der Waals surface area contributed by atoms with Crippen LogP contribution >= 0.6 is 0 Å². The van der Waals surface area contributed by atoms with Crippen molar-refractivity contribution >= 4 is 76.9 Å². The Balaban J connectivity index is 4.44. The van der Waals surface area contributed by atoms with Gasteiger partial charge < -0.3 is 66.0 Å². The van der Waals surface area contributed by atoms with Gasteiger partial charge in [-0.05, 0) is 82.5 Å². The van der Waals surface area contributed by atoms with Crippen LogP contribution in [0, 0.1) is 40.9 Å². The SMILES string of the molecule is CCCC[C@@H](C)C(=O)[C@@H]1NC(=O)[C@H](C(C)C)N(C)C(=O)[C@H](CC(C)C)N(C)C(=O)[C@H](CC(C)C)N(C)C(=O)[C@@H](C)NC(=O)[C@H](C)NC(=O)[C@H](CC(C)C)N(C)C(=O)[C@H](C(C)C)NC(=O)[C@H](C(C)(C)COC(=O)NC)N(C)C(=O)[C@@H](C)N(C)C(=O)[C@H](CC)NC1=O. The molecule has 0 bridgehead atoms. The summed E-state index contributed by atoms with van der Waals surface area (Å²) in [4.78, 5) is 196. The van der Waals surface area contributed by atoms with E-state index >= 15 is 9.59 Å². The first-order valence-electron chi connectivity index (χ1n) is 32.0. The van der Waals surface area contributed by atoms with E-state index < -0.39 is 173 Å². The molecule has 0 unspecified atom stereocenters. The number of amides is 12. The molecule has 1 fully saturated rings. The number of hydrogen-bond donors (Lipinski definition) is 6. The van der Waals surface area contributed by atoms with Gasteiger partial charge in [0.1, 0.15) is 67.0 Å². The summed E-state index contributed by atoms with van der Waals surface area (Å²) in [5, 5.41) is 15.8. The zero-order valence-corrected chi connectivity index (χ0v) is 58.9. The number of rotatable bonds is 17. The van der Waals surface area contributed by atoms with Gasteiger partial charge in [-0.3, -0.25) is 57.5 Å². The standard InChI is InChI=1S/C64H114N12O14/c1-26-28-29-39(13)50(77)48-54(80)68-43(27-2)59(85)71(20)42(16)58(84)76(25)51(64(17,18)33-90-63(89)65-19)56(82)69-47(37(9)10)62(88)72(21)44(30-34(3)4)53(79)66-40(14)52(78)67-41(15)57(83)73(22)45(31-35(5)6)60(86)74(23)46(32-36(7)8)61(87)75(24)49(38(11)12)55(81)70-48/h34-49,51H,26-33H2,1-25H3,(H,65,89)(H,66,79)(H,67,78)(H,68,80)(H,69,82)(H,70,81)/t39-,40+,41-,42-,43+,44+,45+,46+,47+,48+,49+,51-/m1/s1. The van der Waals surface area contributed by atoms with Crippen LogP contribution < -0.4 is 31.9 Å². The number of ketones is 1. The summed E-state index contributed by atoms with van der Waals surface area (Å²) in [5.74, 6) is -11.8. The van der Waals surface area contributed by atoms with Gasteiger partial charge in [0.05, 0.1) is 0 Å². The van der Waals surface area contributed by atoms with Crippen LogP contribution in [0.4, 0.5) is 4.79 Å². The minimum atomic E-state index is -1.88. The van der Waals surface area contributed by atoms with Crippen molar-refractivity contribution in [1.82, 2.24) is 61.3 Å². The first-order chi connectivity index (χ1) is 41.5. The summed E-state index contributed by atoms with van der Waals surface area (Å²) in [6.45, 7) is 29.8. The smallest absolute Gasteiger partial charge is 0.406 e. The van der Waals surface area contributed by atoms with Crippen LogP contribution in [-0.4, -0.2) is 229 Å². The molecule has 1 aliphatic heterocycles. The minimum Gasteiger partial charge on any atom is -0.449 e. The molecule has 1 aliphatic rings. The zero-order valence-electron chi connectivity index (χ0n) is 58.9. The molecule has 26 heteroatoms. The summed E-state index contributed by atoms with van der Waals surface area (Å²) in [5.41, 5.74) is -1.42. The van der Waals surface area contributed by atoms with Crippen molar-refractivity contribution in [2.75, 3.05) is 55.9 Å². The summed E-state index contributed by atoms with van der Waals surface area (Å²) in [6.07, 6.45) is 1.11. The first-order valence-corrected chi connectivity index (χ1v) is 32.0. The Morgan fingerprint density at radius 1 is 0.511 bits per heavy atom. The molecule has 0 aliphatic carbocycles. The van der Waals surface area contributed by atoms with Crippen molar-refractivity contribution in [2.45, 2.75) is 236 Å². The molecule has 0 aromatic rings. The van der Waals surface area contributed by atoms with Gasteiger partial charge in [0.15, 0.2) is 11.8 Å². The molecule has 12 amide bonds. The fourth-order valence-electron chi connectivity index (χ4n) is 11.2. The topological polar surface area (TPSA) is 323 Å². The van der Waals surface area contributed by atoms with Crippen LogP contribution in [0.5, 0.6) is 0 Å². The van der Waals surface area contributed by atoms with Crippen molar-refractivity contribution in [3.63, 3.8) is 0 Å². The summed E-state index contributed by atoms with van der Waals surface area (Å²) >= 11 is 0. The van der Waals surface area contributed by atoms with Crippen LogP contribution in [0.1, 0.15) is 170 Å². The van der Waals surface area contributed by atoms with E-state index in [-0.39, 0.29) is 43.4 Å². The van der Waals surface area contributed by atoms with Crippen molar-refractivity contribution in [1.29, 1.82) is 0 Å². The Morgan fingerprint density at radius 3 is 1.46 bits per heavy atom. The number of carbonyl (C=O) groups is 13. The molecule has 6 N–H and O–H groups in total. The van der Waals surface area contributed by atoms with Gasteiger partial charge in [-0.1, -0.05) is 117 Å². The van der Waals surface area contributed by atoms with E-state index in [1.54, 1.807) is 55.4 Å². The number of ether oxygens (including phenoxy) is 1. The molecule has 1 saturated heterocycles. The summed E-state index contributed by atoms with van der Waals surface area (Å²) in [6, 6.07) is -14.9. The monoisotopic (exact) mass is 1270 g/mol. The molecule has 0 saturated carbocycles. The molecule has 1 rings (SSSR count). The molecule has 0 aromatic carbocycles. The normalized spacial score (nSPS) is 26.3. The number of likely N-dealkylation sites (N-methyl/N-ethyl adjacent to an activating group) is 6. The molecule has 0 aromatic heterocycles. The second-order valence-electron chi connectivity index (χ2n) is 27.3. The fraction of sp³-hybridized carbons (Fsp3) is 0.797. The minimum absolute atomic E-state index is 0.0655. The maximum Gasteiger partial charge on any atom is 0.406 e. The highest BCUT2D eigenvalue weighted by atomic mass is 16.5. The lowest BCUT2D eigenvalue weighted by molar-refractivity contribution is -0.154. The van der Waals surface area contributed by atoms with E-state index in [1.165, 1.54) is 89.7 Å². The Hall–Kier alpha value is -6.89. The average Bonchev–Trinajstić information content (AvgIpc) is 0.915. The van der Waals surface area contributed by atoms with E-state index in [1.807, 2.05) is 48.5 Å². The molecule has 0 radical (unpaired) electrons. The lowest BCUT2D eigenvalue weighted by Gasteiger charge is -2.42. The van der Waals surface area contributed by atoms with Crippen LogP contribution in [-0.2, 0) is 62.3 Å². The largest absolute Gasteiger partial charge is 0.449 e. The third-order valence-corrected chi connectivity index (χ3v) is 16.9. The third kappa shape index (κ3) is 22.2. The Bertz CT molecular complexity index is 2520. The molecule has 514 valence electrons. The van der Waals surface area contributed by atoms with Gasteiger partial charge in [0.25, 0.3) is 5.91 Å². The molecule has 0 spiro atoms. The predicted molar refractivity (Wildman–Crippen MR) is 342 cm³/mol. The Kier molecular flexibility index (Phi) is 32.7. The predicted octanol–water partition coefficient (Wildman–Crippen LogP) is 3.08. The highest BCUT2D eigenvalue weighted by Crippen LogP contribution is 2.29. The Labute approximate surface area is 536 Å². The van der Waals surface area contributed by atoms with Gasteiger partial charge in [-0.25, -0.2) is 4.79 Å². The van der Waals surface area contributed by atoms with Gasteiger partial charge in [-0.2, -0.15) is 0 Å². The maximum atomic E-state index is 15.1. The quantitative estimate of drug-likeness (QED) is 0.114. The van der Waals surface area contributed by atoms with E-state index in [0.29, 0.717) is 19.3 Å². The van der Waals surface area contributed by atoms with Crippen molar-refractivity contribution in [3.8, 4) is 0 Å². The molecular formula is C64H114N12O14. The van der Waals surface area contributed by atoms with E-state index in [2.05, 4.69) is 31.9 Å². The number of alkyl carbamates (subject to hydrolysis) is 1. The molecule has 1 heterocycles. The van der Waals surface area contributed by atoms with Gasteiger partial charge in [0.2, 0.25) is 59.1 Å². The number of unbranched alkanes of at least 4 members (excludes halogenated alkanes) is 1.